The largest absolute Gasteiger partial charge is 0.345 e. The minimum atomic E-state index is -0.316. The van der Waals surface area contributed by atoms with Crippen LogP contribution in [0.15, 0.2) is 33.9 Å². The predicted octanol–water partition coefficient (Wildman–Crippen LogP) is 0.858. The Kier molecular flexibility index (Phi) is 4.58. The molecule has 1 aliphatic rings. The Balaban J connectivity index is 1.67. The zero-order chi connectivity index (χ0) is 19.8. The maximum atomic E-state index is 13.2. The number of carbonyl (C=O) groups is 1. The minimum absolute atomic E-state index is 0.0134. The molecule has 1 N–H and O–H groups in total. The van der Waals surface area contributed by atoms with Crippen molar-refractivity contribution >= 4 is 16.7 Å². The van der Waals surface area contributed by atoms with Gasteiger partial charge in [0.25, 0.3) is 11.5 Å². The lowest BCUT2D eigenvalue weighted by molar-refractivity contribution is 0.0698. The summed E-state index contributed by atoms with van der Waals surface area (Å²) in [5, 5.41) is 11.8. The molecule has 1 amide bonds. The summed E-state index contributed by atoms with van der Waals surface area (Å²) in [5.74, 6) is 0.478. The summed E-state index contributed by atoms with van der Waals surface area (Å²) in [6.45, 7) is 3.52. The highest BCUT2D eigenvalue weighted by molar-refractivity contribution is 6.04. The molecule has 0 bridgehead atoms. The van der Waals surface area contributed by atoms with Gasteiger partial charge in [0.05, 0.1) is 5.39 Å². The van der Waals surface area contributed by atoms with Crippen molar-refractivity contribution in [2.45, 2.75) is 32.2 Å². The topological polar surface area (TPSA) is 106 Å². The molecule has 1 saturated heterocycles. The quantitative estimate of drug-likeness (QED) is 0.723. The highest BCUT2D eigenvalue weighted by atomic mass is 16.2. The first-order chi connectivity index (χ1) is 13.5. The van der Waals surface area contributed by atoms with Gasteiger partial charge >= 0.3 is 5.69 Å². The molecule has 9 nitrogen and oxygen atoms in total. The van der Waals surface area contributed by atoms with E-state index in [4.69, 9.17) is 0 Å². The van der Waals surface area contributed by atoms with Crippen LogP contribution >= 0.6 is 0 Å². The molecule has 3 aromatic rings. The van der Waals surface area contributed by atoms with Crippen LogP contribution in [0.25, 0.3) is 10.8 Å². The number of aromatic amines is 1. The number of aryl methyl sites for hydroxylation is 1. The Morgan fingerprint density at radius 2 is 2.00 bits per heavy atom. The van der Waals surface area contributed by atoms with Gasteiger partial charge in [0.1, 0.15) is 5.82 Å². The first-order valence-corrected chi connectivity index (χ1v) is 9.41. The van der Waals surface area contributed by atoms with Crippen LogP contribution in [0.5, 0.6) is 0 Å². The summed E-state index contributed by atoms with van der Waals surface area (Å²) in [6, 6.07) is 6.96. The number of piperidine rings is 1. The van der Waals surface area contributed by atoms with Gasteiger partial charge in [-0.1, -0.05) is 18.2 Å². The second-order valence-corrected chi connectivity index (χ2v) is 7.05. The number of likely N-dealkylation sites (tertiary alicyclic amines) is 1. The second-order valence-electron chi connectivity index (χ2n) is 7.05. The standard InChI is InChI=1S/C19H22N6O3/c1-3-25-16(22-23(2)19(25)28)12-7-6-10-24(11-12)18(27)15-13-8-4-5-9-14(13)17(26)21-20-15/h4-5,8-9,12H,3,6-7,10-11H2,1-2H3,(H,21,26)/t12-/m0/s1. The summed E-state index contributed by atoms with van der Waals surface area (Å²) >= 11 is 0. The maximum absolute atomic E-state index is 13.2. The van der Waals surface area contributed by atoms with Crippen molar-refractivity contribution in [3.05, 3.63) is 56.6 Å². The third-order valence-electron chi connectivity index (χ3n) is 5.33. The van der Waals surface area contributed by atoms with Gasteiger partial charge in [-0.05, 0) is 25.8 Å². The van der Waals surface area contributed by atoms with Crippen LogP contribution in [0, 0.1) is 0 Å². The first-order valence-electron chi connectivity index (χ1n) is 9.41. The molecule has 4 rings (SSSR count). The number of fused-ring (bicyclic) bond motifs is 1. The number of hydrogen-bond donors (Lipinski definition) is 1. The van der Waals surface area contributed by atoms with E-state index in [1.165, 1.54) is 4.68 Å². The van der Waals surface area contributed by atoms with Crippen molar-refractivity contribution < 1.29 is 4.79 Å². The van der Waals surface area contributed by atoms with Gasteiger partial charge in [-0.3, -0.25) is 14.2 Å². The molecule has 1 aromatic carbocycles. The van der Waals surface area contributed by atoms with E-state index >= 15 is 0 Å². The molecule has 146 valence electrons. The Labute approximate surface area is 160 Å². The number of carbonyl (C=O) groups excluding carboxylic acids is 1. The van der Waals surface area contributed by atoms with Crippen LogP contribution in [-0.4, -0.2) is 48.4 Å². The molecular formula is C19H22N6O3. The van der Waals surface area contributed by atoms with Crippen molar-refractivity contribution in [1.82, 2.24) is 29.4 Å². The third kappa shape index (κ3) is 2.92. The minimum Gasteiger partial charge on any atom is -0.337 e. The van der Waals surface area contributed by atoms with E-state index in [1.807, 2.05) is 6.92 Å². The van der Waals surface area contributed by atoms with E-state index in [-0.39, 0.29) is 28.8 Å². The molecule has 0 spiro atoms. The molecule has 2 aromatic heterocycles. The summed E-state index contributed by atoms with van der Waals surface area (Å²) in [7, 11) is 1.64. The highest BCUT2D eigenvalue weighted by Gasteiger charge is 2.30. The molecule has 1 atom stereocenters. The number of aromatic nitrogens is 5. The van der Waals surface area contributed by atoms with E-state index in [0.717, 1.165) is 12.8 Å². The zero-order valence-corrected chi connectivity index (χ0v) is 15.9. The lowest BCUT2D eigenvalue weighted by Crippen LogP contribution is -2.40. The number of nitrogens with zero attached hydrogens (tertiary/aromatic N) is 5. The maximum Gasteiger partial charge on any atom is 0.345 e. The number of hydrogen-bond acceptors (Lipinski definition) is 5. The predicted molar refractivity (Wildman–Crippen MR) is 103 cm³/mol. The molecule has 1 fully saturated rings. The van der Waals surface area contributed by atoms with Gasteiger partial charge in [0.2, 0.25) is 0 Å². The number of nitrogens with one attached hydrogen (secondary N) is 1. The third-order valence-corrected chi connectivity index (χ3v) is 5.33. The van der Waals surface area contributed by atoms with Crippen molar-refractivity contribution in [3.8, 4) is 0 Å². The number of rotatable bonds is 3. The molecule has 9 heteroatoms. The van der Waals surface area contributed by atoms with Crippen LogP contribution in [0.2, 0.25) is 0 Å². The van der Waals surface area contributed by atoms with Crippen LogP contribution in [-0.2, 0) is 13.6 Å². The lowest BCUT2D eigenvalue weighted by Gasteiger charge is -2.32. The molecule has 0 saturated carbocycles. The van der Waals surface area contributed by atoms with Crippen molar-refractivity contribution in [2.75, 3.05) is 13.1 Å². The Morgan fingerprint density at radius 1 is 1.25 bits per heavy atom. The van der Waals surface area contributed by atoms with E-state index < -0.39 is 0 Å². The van der Waals surface area contributed by atoms with Crippen LogP contribution < -0.4 is 11.2 Å². The fraction of sp³-hybridized carbons (Fsp3) is 0.421. The highest BCUT2D eigenvalue weighted by Crippen LogP contribution is 2.26. The van der Waals surface area contributed by atoms with Crippen molar-refractivity contribution in [1.29, 1.82) is 0 Å². The van der Waals surface area contributed by atoms with Crippen molar-refractivity contribution in [2.24, 2.45) is 7.05 Å². The SMILES string of the molecule is CCn1c([C@H]2CCCN(C(=O)c3n[nH]c(=O)c4ccccc34)C2)nn(C)c1=O. The number of amides is 1. The molecule has 0 radical (unpaired) electrons. The molecular weight excluding hydrogens is 360 g/mol. The smallest absolute Gasteiger partial charge is 0.337 e. The van der Waals surface area contributed by atoms with Gasteiger partial charge in [0.15, 0.2) is 5.69 Å². The summed E-state index contributed by atoms with van der Waals surface area (Å²) < 4.78 is 3.00. The van der Waals surface area contributed by atoms with Gasteiger partial charge in [-0.25, -0.2) is 14.6 Å². The Hall–Kier alpha value is -3.23. The van der Waals surface area contributed by atoms with E-state index in [0.29, 0.717) is 36.2 Å². The van der Waals surface area contributed by atoms with E-state index in [9.17, 15) is 14.4 Å². The summed E-state index contributed by atoms with van der Waals surface area (Å²) in [5.41, 5.74) is -0.219. The molecule has 1 aliphatic heterocycles. The Bertz CT molecular complexity index is 1160. The van der Waals surface area contributed by atoms with Crippen LogP contribution in [0.3, 0.4) is 0 Å². The lowest BCUT2D eigenvalue weighted by atomic mass is 9.96. The molecule has 0 aliphatic carbocycles. The van der Waals surface area contributed by atoms with Gasteiger partial charge in [-0.15, -0.1) is 0 Å². The van der Waals surface area contributed by atoms with Crippen molar-refractivity contribution in [3.63, 3.8) is 0 Å². The van der Waals surface area contributed by atoms with Gasteiger partial charge in [-0.2, -0.15) is 10.2 Å². The van der Waals surface area contributed by atoms with Gasteiger partial charge in [0, 0.05) is 38.0 Å². The van der Waals surface area contributed by atoms with E-state index in [1.54, 1.807) is 40.8 Å². The second kappa shape index (κ2) is 7.06. The normalized spacial score (nSPS) is 17.2. The monoisotopic (exact) mass is 382 g/mol. The Morgan fingerprint density at radius 3 is 2.75 bits per heavy atom. The fourth-order valence-electron chi connectivity index (χ4n) is 3.92. The van der Waals surface area contributed by atoms with Crippen LogP contribution in [0.4, 0.5) is 0 Å². The number of benzene rings is 1. The summed E-state index contributed by atoms with van der Waals surface area (Å²) in [4.78, 5) is 39.1. The van der Waals surface area contributed by atoms with Crippen LogP contribution in [0.1, 0.15) is 42.0 Å². The molecule has 3 heterocycles. The van der Waals surface area contributed by atoms with Gasteiger partial charge < -0.3 is 4.90 Å². The zero-order valence-electron chi connectivity index (χ0n) is 15.9. The average Bonchev–Trinajstić information content (AvgIpc) is 3.02. The molecule has 0 unspecified atom stereocenters. The molecule has 28 heavy (non-hydrogen) atoms. The fourth-order valence-corrected chi connectivity index (χ4v) is 3.92. The first kappa shape index (κ1) is 18.1. The average molecular weight is 382 g/mol. The number of H-pyrrole nitrogens is 1. The van der Waals surface area contributed by atoms with E-state index in [2.05, 4.69) is 15.3 Å². The summed E-state index contributed by atoms with van der Waals surface area (Å²) in [6.07, 6.45) is 1.67.